The summed E-state index contributed by atoms with van der Waals surface area (Å²) in [4.78, 5) is 3.69. The standard InChI is InChI=1S/C8H9ClF2N2/c9-7-2-1-6(4-13-7)3-8(10,11)5-12/h1-2,4H,3,5,12H2. The van der Waals surface area contributed by atoms with Crippen molar-refractivity contribution in [2.45, 2.75) is 12.3 Å². The van der Waals surface area contributed by atoms with Gasteiger partial charge in [-0.05, 0) is 11.6 Å². The summed E-state index contributed by atoms with van der Waals surface area (Å²) in [6.07, 6.45) is 0.930. The summed E-state index contributed by atoms with van der Waals surface area (Å²) in [5.74, 6) is -2.87. The fourth-order valence-electron chi connectivity index (χ4n) is 0.882. The maximum Gasteiger partial charge on any atom is 0.264 e. The molecule has 0 unspecified atom stereocenters. The lowest BCUT2D eigenvalue weighted by Crippen LogP contribution is -2.30. The van der Waals surface area contributed by atoms with Gasteiger partial charge in [0.25, 0.3) is 5.92 Å². The van der Waals surface area contributed by atoms with E-state index in [9.17, 15) is 8.78 Å². The number of hydrogen-bond acceptors (Lipinski definition) is 2. The molecule has 0 aromatic carbocycles. The molecular weight excluding hydrogens is 198 g/mol. The number of pyridine rings is 1. The minimum absolute atomic E-state index is 0.291. The topological polar surface area (TPSA) is 38.9 Å². The highest BCUT2D eigenvalue weighted by Crippen LogP contribution is 2.18. The fourth-order valence-corrected chi connectivity index (χ4v) is 0.994. The predicted molar refractivity (Wildman–Crippen MR) is 47.0 cm³/mol. The molecule has 2 N–H and O–H groups in total. The lowest BCUT2D eigenvalue weighted by Gasteiger charge is -2.12. The van der Waals surface area contributed by atoms with Gasteiger partial charge >= 0.3 is 0 Å². The van der Waals surface area contributed by atoms with Crippen molar-refractivity contribution in [1.29, 1.82) is 0 Å². The van der Waals surface area contributed by atoms with E-state index in [4.69, 9.17) is 17.3 Å². The third-order valence-corrected chi connectivity index (χ3v) is 1.77. The number of hydrogen-bond donors (Lipinski definition) is 1. The zero-order valence-corrected chi connectivity index (χ0v) is 7.56. The van der Waals surface area contributed by atoms with Crippen LogP contribution in [-0.2, 0) is 6.42 Å². The lowest BCUT2D eigenvalue weighted by atomic mass is 10.1. The Kier molecular flexibility index (Phi) is 3.17. The molecule has 0 saturated heterocycles. The van der Waals surface area contributed by atoms with Crippen LogP contribution in [0.25, 0.3) is 0 Å². The van der Waals surface area contributed by atoms with Gasteiger partial charge < -0.3 is 5.73 Å². The van der Waals surface area contributed by atoms with Gasteiger partial charge in [0.2, 0.25) is 0 Å². The lowest BCUT2D eigenvalue weighted by molar-refractivity contribution is 0.0114. The Morgan fingerprint density at radius 2 is 2.15 bits per heavy atom. The summed E-state index contributed by atoms with van der Waals surface area (Å²) < 4.78 is 25.5. The van der Waals surface area contributed by atoms with E-state index in [2.05, 4.69) is 4.98 Å². The Labute approximate surface area is 79.7 Å². The first-order valence-electron chi connectivity index (χ1n) is 3.72. The predicted octanol–water partition coefficient (Wildman–Crippen LogP) is 1.87. The van der Waals surface area contributed by atoms with Gasteiger partial charge in [0.05, 0.1) is 6.54 Å². The van der Waals surface area contributed by atoms with E-state index in [0.717, 1.165) is 0 Å². The minimum atomic E-state index is -2.87. The van der Waals surface area contributed by atoms with Crippen LogP contribution in [0.4, 0.5) is 8.78 Å². The highest BCUT2D eigenvalue weighted by atomic mass is 35.5. The smallest absolute Gasteiger partial charge is 0.264 e. The van der Waals surface area contributed by atoms with Crippen molar-refractivity contribution in [1.82, 2.24) is 4.98 Å². The molecule has 72 valence electrons. The van der Waals surface area contributed by atoms with Crippen LogP contribution < -0.4 is 5.73 Å². The largest absolute Gasteiger partial charge is 0.325 e. The molecule has 0 radical (unpaired) electrons. The molecule has 5 heteroatoms. The second-order valence-corrected chi connectivity index (χ2v) is 3.11. The molecule has 1 aromatic rings. The Morgan fingerprint density at radius 1 is 1.46 bits per heavy atom. The summed E-state index contributed by atoms with van der Waals surface area (Å²) >= 11 is 5.49. The van der Waals surface area contributed by atoms with Crippen LogP contribution in [0.2, 0.25) is 5.15 Å². The molecule has 0 fully saturated rings. The molecule has 0 aliphatic heterocycles. The number of nitrogens with two attached hydrogens (primary N) is 1. The SMILES string of the molecule is NCC(F)(F)Cc1ccc(Cl)nc1. The van der Waals surface area contributed by atoms with E-state index in [1.807, 2.05) is 0 Å². The molecule has 0 saturated carbocycles. The highest BCUT2D eigenvalue weighted by molar-refractivity contribution is 6.29. The summed E-state index contributed by atoms with van der Waals surface area (Å²) in [5, 5.41) is 0.291. The Hall–Kier alpha value is -0.740. The molecule has 2 nitrogen and oxygen atoms in total. The average molecular weight is 207 g/mol. The quantitative estimate of drug-likeness (QED) is 0.767. The summed E-state index contributed by atoms with van der Waals surface area (Å²) in [6, 6.07) is 2.99. The van der Waals surface area contributed by atoms with Crippen molar-refractivity contribution >= 4 is 11.6 Å². The van der Waals surface area contributed by atoms with Crippen LogP contribution in [-0.4, -0.2) is 17.5 Å². The molecule has 0 atom stereocenters. The molecule has 0 amide bonds. The number of rotatable bonds is 3. The molecule has 0 spiro atoms. The van der Waals surface area contributed by atoms with E-state index in [1.165, 1.54) is 18.3 Å². The van der Waals surface area contributed by atoms with Crippen molar-refractivity contribution in [2.75, 3.05) is 6.54 Å². The number of halogens is 3. The van der Waals surface area contributed by atoms with E-state index in [0.29, 0.717) is 10.7 Å². The Bertz CT molecular complexity index is 274. The molecule has 1 rings (SSSR count). The van der Waals surface area contributed by atoms with Crippen LogP contribution in [0.5, 0.6) is 0 Å². The molecule has 1 heterocycles. The molecule has 13 heavy (non-hydrogen) atoms. The third kappa shape index (κ3) is 3.24. The maximum absolute atomic E-state index is 12.8. The van der Waals surface area contributed by atoms with E-state index in [-0.39, 0.29) is 0 Å². The van der Waals surface area contributed by atoms with Crippen LogP contribution in [0.1, 0.15) is 5.56 Å². The second-order valence-electron chi connectivity index (χ2n) is 2.73. The van der Waals surface area contributed by atoms with Crippen LogP contribution in [0.15, 0.2) is 18.3 Å². The van der Waals surface area contributed by atoms with Gasteiger partial charge in [0, 0.05) is 12.6 Å². The van der Waals surface area contributed by atoms with Crippen LogP contribution in [0.3, 0.4) is 0 Å². The fraction of sp³-hybridized carbons (Fsp3) is 0.375. The summed E-state index contributed by atoms with van der Waals surface area (Å²) in [6.45, 7) is -0.657. The molecule has 0 aliphatic carbocycles. The normalized spacial score (nSPS) is 11.7. The number of alkyl halides is 2. The highest BCUT2D eigenvalue weighted by Gasteiger charge is 2.26. The van der Waals surface area contributed by atoms with Crippen LogP contribution >= 0.6 is 11.6 Å². The van der Waals surface area contributed by atoms with Gasteiger partial charge in [-0.25, -0.2) is 13.8 Å². The zero-order chi connectivity index (χ0) is 9.90. The average Bonchev–Trinajstić information content (AvgIpc) is 2.09. The van der Waals surface area contributed by atoms with E-state index in [1.54, 1.807) is 0 Å². The molecule has 0 aliphatic rings. The Balaban J connectivity index is 2.69. The first-order chi connectivity index (χ1) is 6.03. The first-order valence-corrected chi connectivity index (χ1v) is 4.09. The molecule has 1 aromatic heterocycles. The van der Waals surface area contributed by atoms with E-state index < -0.39 is 18.9 Å². The first kappa shape index (κ1) is 10.3. The van der Waals surface area contributed by atoms with Crippen molar-refractivity contribution in [3.05, 3.63) is 29.0 Å². The van der Waals surface area contributed by atoms with Crippen molar-refractivity contribution in [2.24, 2.45) is 5.73 Å². The molecule has 0 bridgehead atoms. The minimum Gasteiger partial charge on any atom is -0.325 e. The monoisotopic (exact) mass is 206 g/mol. The third-order valence-electron chi connectivity index (χ3n) is 1.55. The second kappa shape index (κ2) is 3.98. The van der Waals surface area contributed by atoms with Gasteiger partial charge in [-0.3, -0.25) is 0 Å². The van der Waals surface area contributed by atoms with Crippen LogP contribution in [0, 0.1) is 0 Å². The Morgan fingerprint density at radius 3 is 2.62 bits per heavy atom. The van der Waals surface area contributed by atoms with Crippen molar-refractivity contribution in [3.8, 4) is 0 Å². The zero-order valence-electron chi connectivity index (χ0n) is 6.80. The number of nitrogens with zero attached hydrogens (tertiary/aromatic N) is 1. The van der Waals surface area contributed by atoms with Gasteiger partial charge in [0.15, 0.2) is 0 Å². The van der Waals surface area contributed by atoms with E-state index >= 15 is 0 Å². The van der Waals surface area contributed by atoms with Gasteiger partial charge in [0.1, 0.15) is 5.15 Å². The molecular formula is C8H9ClF2N2. The summed E-state index contributed by atoms with van der Waals surface area (Å²) in [7, 11) is 0. The van der Waals surface area contributed by atoms with Crippen molar-refractivity contribution in [3.63, 3.8) is 0 Å². The van der Waals surface area contributed by atoms with Gasteiger partial charge in [-0.15, -0.1) is 0 Å². The number of aromatic nitrogens is 1. The van der Waals surface area contributed by atoms with Crippen molar-refractivity contribution < 1.29 is 8.78 Å². The summed E-state index contributed by atoms with van der Waals surface area (Å²) in [5.41, 5.74) is 5.32. The van der Waals surface area contributed by atoms with Gasteiger partial charge in [-0.2, -0.15) is 0 Å². The maximum atomic E-state index is 12.8. The van der Waals surface area contributed by atoms with Gasteiger partial charge in [-0.1, -0.05) is 17.7 Å².